The Morgan fingerprint density at radius 2 is 1.59 bits per heavy atom. The molecular formula is C24H28BF3N2O2. The van der Waals surface area contributed by atoms with Gasteiger partial charge in [0.15, 0.2) is 0 Å². The molecule has 0 amide bonds. The van der Waals surface area contributed by atoms with Crippen molar-refractivity contribution in [1.82, 2.24) is 5.32 Å². The quantitative estimate of drug-likeness (QED) is 0.364. The topological polar surface area (TPSA) is 75.4 Å². The lowest BCUT2D eigenvalue weighted by Crippen LogP contribution is -2.60. The average Bonchev–Trinajstić information content (AvgIpc) is 2.72. The Hall–Kier alpha value is -2.32. The van der Waals surface area contributed by atoms with E-state index in [4.69, 9.17) is 13.6 Å². The van der Waals surface area contributed by atoms with E-state index < -0.39 is 23.2 Å². The Balaban J connectivity index is 1.50. The van der Waals surface area contributed by atoms with Crippen LogP contribution in [0.2, 0.25) is 6.32 Å². The maximum Gasteiger partial charge on any atom is 0.416 e. The molecule has 170 valence electrons. The van der Waals surface area contributed by atoms with Crippen LogP contribution in [0.4, 0.5) is 13.2 Å². The van der Waals surface area contributed by atoms with Gasteiger partial charge in [0, 0.05) is 12.6 Å². The molecule has 32 heavy (non-hydrogen) atoms. The molecule has 8 heteroatoms. The van der Waals surface area contributed by atoms with Crippen LogP contribution >= 0.6 is 0 Å². The Morgan fingerprint density at radius 3 is 2.09 bits per heavy atom. The van der Waals surface area contributed by atoms with Crippen LogP contribution in [0, 0.1) is 5.92 Å². The van der Waals surface area contributed by atoms with Crippen molar-refractivity contribution in [3.05, 3.63) is 59.7 Å². The number of carboxylic acids is 1. The third-order valence-corrected chi connectivity index (χ3v) is 6.40. The lowest BCUT2D eigenvalue weighted by atomic mass is 9.66. The lowest BCUT2D eigenvalue weighted by molar-refractivity contribution is -0.148. The number of alkyl halides is 3. The highest BCUT2D eigenvalue weighted by Crippen LogP contribution is 2.38. The number of carboxylic acid groups (broad SMARTS) is 1. The van der Waals surface area contributed by atoms with Crippen molar-refractivity contribution >= 4 is 13.8 Å². The summed E-state index contributed by atoms with van der Waals surface area (Å²) in [5.41, 5.74) is 6.99. The van der Waals surface area contributed by atoms with Crippen LogP contribution in [0.3, 0.4) is 0 Å². The van der Waals surface area contributed by atoms with Crippen LogP contribution in [0.5, 0.6) is 0 Å². The number of nitrogens with two attached hydrogens (primary N) is 1. The Bertz CT molecular complexity index is 897. The molecule has 0 aliphatic heterocycles. The van der Waals surface area contributed by atoms with Crippen molar-refractivity contribution < 1.29 is 23.1 Å². The zero-order valence-electron chi connectivity index (χ0n) is 17.9. The Labute approximate surface area is 187 Å². The van der Waals surface area contributed by atoms with Gasteiger partial charge in [-0.15, -0.1) is 0 Å². The highest BCUT2D eigenvalue weighted by molar-refractivity contribution is 6.08. The minimum absolute atomic E-state index is 0.0580. The zero-order valence-corrected chi connectivity index (χ0v) is 17.9. The van der Waals surface area contributed by atoms with Gasteiger partial charge >= 0.3 is 12.1 Å². The van der Waals surface area contributed by atoms with E-state index in [-0.39, 0.29) is 12.0 Å². The molecule has 1 saturated carbocycles. The molecule has 0 saturated heterocycles. The van der Waals surface area contributed by atoms with E-state index in [1.165, 1.54) is 12.1 Å². The van der Waals surface area contributed by atoms with Gasteiger partial charge in [-0.2, -0.15) is 13.2 Å². The lowest BCUT2D eigenvalue weighted by Gasteiger charge is -2.45. The number of rotatable bonds is 10. The molecule has 1 atom stereocenters. The van der Waals surface area contributed by atoms with Crippen LogP contribution < -0.4 is 11.1 Å². The highest BCUT2D eigenvalue weighted by Gasteiger charge is 2.47. The fourth-order valence-corrected chi connectivity index (χ4v) is 4.18. The summed E-state index contributed by atoms with van der Waals surface area (Å²) >= 11 is 0. The van der Waals surface area contributed by atoms with E-state index in [0.29, 0.717) is 25.7 Å². The van der Waals surface area contributed by atoms with E-state index in [2.05, 4.69) is 5.32 Å². The molecule has 0 spiro atoms. The van der Waals surface area contributed by atoms with Crippen LogP contribution in [0.1, 0.15) is 43.2 Å². The van der Waals surface area contributed by atoms with Gasteiger partial charge in [-0.25, -0.2) is 0 Å². The van der Waals surface area contributed by atoms with Gasteiger partial charge in [-0.05, 0) is 54.0 Å². The van der Waals surface area contributed by atoms with Crippen LogP contribution in [-0.4, -0.2) is 30.5 Å². The molecule has 3 rings (SSSR count). The van der Waals surface area contributed by atoms with Gasteiger partial charge in [-0.1, -0.05) is 55.6 Å². The third kappa shape index (κ3) is 5.72. The second kappa shape index (κ2) is 10.1. The van der Waals surface area contributed by atoms with Crippen molar-refractivity contribution in [2.24, 2.45) is 11.7 Å². The maximum absolute atomic E-state index is 12.7. The van der Waals surface area contributed by atoms with E-state index in [1.54, 1.807) is 0 Å². The van der Waals surface area contributed by atoms with Gasteiger partial charge in [0.2, 0.25) is 0 Å². The summed E-state index contributed by atoms with van der Waals surface area (Å²) in [5.74, 6) is -1.01. The van der Waals surface area contributed by atoms with E-state index in [0.717, 1.165) is 48.1 Å². The monoisotopic (exact) mass is 444 g/mol. The number of hydrogen-bond acceptors (Lipinski definition) is 3. The number of hydrogen-bond donors (Lipinski definition) is 3. The molecule has 2 aromatic rings. The van der Waals surface area contributed by atoms with Crippen molar-refractivity contribution in [2.45, 2.75) is 62.7 Å². The molecule has 4 nitrogen and oxygen atoms in total. The molecule has 1 aliphatic rings. The number of unbranched alkanes of at least 4 members (excludes halogenated alkanes) is 1. The molecule has 4 N–H and O–H groups in total. The van der Waals surface area contributed by atoms with Crippen molar-refractivity contribution in [2.75, 3.05) is 0 Å². The first kappa shape index (κ1) is 24.3. The van der Waals surface area contributed by atoms with E-state index >= 15 is 0 Å². The number of carbonyl (C=O) groups is 1. The van der Waals surface area contributed by atoms with Crippen LogP contribution in [-0.2, 0) is 17.5 Å². The standard InChI is InChI=1S/C24H28BF3N2O2/c25-12-2-1-11-23(29,22(31)32)20-13-21(14-20)30-15-16-3-5-17(6-4-16)18-7-9-19(10-8-18)24(26,27)28/h3-10,20-21,30H,1-2,11-15,29H2,(H,31,32). The Kier molecular flexibility index (Phi) is 7.67. The fourth-order valence-electron chi connectivity index (χ4n) is 4.18. The first-order valence-electron chi connectivity index (χ1n) is 10.9. The fraction of sp³-hybridized carbons (Fsp3) is 0.458. The summed E-state index contributed by atoms with van der Waals surface area (Å²) in [5, 5.41) is 13.0. The van der Waals surface area contributed by atoms with E-state index in [1.807, 2.05) is 24.3 Å². The van der Waals surface area contributed by atoms with Gasteiger partial charge in [0.1, 0.15) is 5.54 Å². The number of halogens is 3. The number of benzene rings is 2. The molecule has 2 aromatic carbocycles. The SMILES string of the molecule is [B]CCCCC(N)(C(=O)O)C1CC(NCc2ccc(-c3ccc(C(F)(F)F)cc3)cc2)C1. The van der Waals surface area contributed by atoms with Crippen molar-refractivity contribution in [3.8, 4) is 11.1 Å². The average molecular weight is 444 g/mol. The Morgan fingerprint density at radius 1 is 1.03 bits per heavy atom. The minimum Gasteiger partial charge on any atom is -0.480 e. The van der Waals surface area contributed by atoms with Gasteiger partial charge in [-0.3, -0.25) is 4.79 Å². The first-order chi connectivity index (χ1) is 15.1. The number of aliphatic carboxylic acids is 1. The molecule has 2 radical (unpaired) electrons. The normalized spacial score (nSPS) is 20.4. The van der Waals surface area contributed by atoms with Crippen molar-refractivity contribution in [3.63, 3.8) is 0 Å². The zero-order chi connectivity index (χ0) is 23.4. The summed E-state index contributed by atoms with van der Waals surface area (Å²) in [6.45, 7) is 0.627. The molecule has 1 fully saturated rings. The van der Waals surface area contributed by atoms with E-state index in [9.17, 15) is 23.1 Å². The second-order valence-corrected chi connectivity index (χ2v) is 8.61. The summed E-state index contributed by atoms with van der Waals surface area (Å²) in [6, 6.07) is 13.0. The summed E-state index contributed by atoms with van der Waals surface area (Å²) < 4.78 is 38.1. The second-order valence-electron chi connectivity index (χ2n) is 8.61. The number of nitrogens with one attached hydrogen (secondary N) is 1. The van der Waals surface area contributed by atoms with Gasteiger partial charge < -0.3 is 16.2 Å². The predicted octanol–water partition coefficient (Wildman–Crippen LogP) is 4.78. The largest absolute Gasteiger partial charge is 0.480 e. The van der Waals surface area contributed by atoms with Gasteiger partial charge in [0.05, 0.1) is 13.4 Å². The minimum atomic E-state index is -4.34. The first-order valence-corrected chi connectivity index (χ1v) is 10.9. The summed E-state index contributed by atoms with van der Waals surface area (Å²) in [4.78, 5) is 11.7. The highest BCUT2D eigenvalue weighted by atomic mass is 19.4. The predicted molar refractivity (Wildman–Crippen MR) is 119 cm³/mol. The molecule has 0 bridgehead atoms. The van der Waals surface area contributed by atoms with Crippen LogP contribution in [0.25, 0.3) is 11.1 Å². The molecule has 1 unspecified atom stereocenters. The summed E-state index contributed by atoms with van der Waals surface area (Å²) in [7, 11) is 5.50. The van der Waals surface area contributed by atoms with Crippen molar-refractivity contribution in [1.29, 1.82) is 0 Å². The van der Waals surface area contributed by atoms with Crippen LogP contribution in [0.15, 0.2) is 48.5 Å². The van der Waals surface area contributed by atoms with Gasteiger partial charge in [0.25, 0.3) is 0 Å². The molecule has 0 heterocycles. The summed E-state index contributed by atoms with van der Waals surface area (Å²) in [6.07, 6.45) is -0.468. The maximum atomic E-state index is 12.7. The molecular weight excluding hydrogens is 416 g/mol. The molecule has 0 aromatic heterocycles. The molecule has 1 aliphatic carbocycles. The smallest absolute Gasteiger partial charge is 0.416 e. The third-order valence-electron chi connectivity index (χ3n) is 6.40.